The fourth-order valence-corrected chi connectivity index (χ4v) is 3.83. The van der Waals surface area contributed by atoms with Crippen LogP contribution in [0.2, 0.25) is 5.02 Å². The van der Waals surface area contributed by atoms with Crippen molar-refractivity contribution in [1.82, 2.24) is 10.2 Å². The largest absolute Gasteiger partial charge is 0.318 e. The molecule has 1 aliphatic heterocycles. The smallest absolute Gasteiger partial charge is 0.241 e. The van der Waals surface area contributed by atoms with E-state index in [1.807, 2.05) is 36.1 Å². The maximum atomic E-state index is 12.7. The first-order valence-corrected chi connectivity index (χ1v) is 9.22. The standard InChI is InChI=1S/C16H23ClN2OS/c1-4-13(10-21-3)19-15(18-14(5-2)16(19)20)11-7-6-8-12(17)9-11/h6-9,13-15,18H,4-5,10H2,1-3H3. The Hall–Kier alpha value is -0.710. The minimum absolute atomic E-state index is 0.0711. The molecule has 1 aromatic carbocycles. The molecule has 1 saturated heterocycles. The van der Waals surface area contributed by atoms with Gasteiger partial charge in [0, 0.05) is 16.8 Å². The van der Waals surface area contributed by atoms with Crippen molar-refractivity contribution in [2.75, 3.05) is 12.0 Å². The van der Waals surface area contributed by atoms with Gasteiger partial charge >= 0.3 is 0 Å². The summed E-state index contributed by atoms with van der Waals surface area (Å²) < 4.78 is 0. The molecular weight excluding hydrogens is 304 g/mol. The fraction of sp³-hybridized carbons (Fsp3) is 0.562. The molecule has 0 aromatic heterocycles. The third-order valence-corrected chi connectivity index (χ3v) is 4.94. The van der Waals surface area contributed by atoms with Crippen LogP contribution in [0.15, 0.2) is 24.3 Å². The summed E-state index contributed by atoms with van der Waals surface area (Å²) in [6.45, 7) is 4.19. The first-order valence-electron chi connectivity index (χ1n) is 7.45. The van der Waals surface area contributed by atoms with E-state index < -0.39 is 0 Å². The van der Waals surface area contributed by atoms with Crippen LogP contribution in [0.3, 0.4) is 0 Å². The van der Waals surface area contributed by atoms with Crippen molar-refractivity contribution in [2.24, 2.45) is 0 Å². The van der Waals surface area contributed by atoms with Gasteiger partial charge in [0.1, 0.15) is 6.17 Å². The van der Waals surface area contributed by atoms with Crippen LogP contribution in [0.4, 0.5) is 0 Å². The molecule has 3 atom stereocenters. The quantitative estimate of drug-likeness (QED) is 0.865. The number of nitrogens with one attached hydrogen (secondary N) is 1. The molecule has 0 spiro atoms. The fourth-order valence-electron chi connectivity index (χ4n) is 2.85. The summed E-state index contributed by atoms with van der Waals surface area (Å²) in [4.78, 5) is 14.7. The van der Waals surface area contributed by atoms with Gasteiger partial charge in [-0.05, 0) is 36.8 Å². The molecule has 2 rings (SSSR count). The number of thioether (sulfide) groups is 1. The summed E-state index contributed by atoms with van der Waals surface area (Å²) in [6, 6.07) is 7.95. The Morgan fingerprint density at radius 2 is 2.19 bits per heavy atom. The molecular formula is C16H23ClN2OS. The molecule has 1 aliphatic rings. The molecule has 1 N–H and O–H groups in total. The maximum Gasteiger partial charge on any atom is 0.241 e. The molecule has 116 valence electrons. The zero-order valence-corrected chi connectivity index (χ0v) is 14.4. The van der Waals surface area contributed by atoms with Crippen molar-refractivity contribution in [3.8, 4) is 0 Å². The molecule has 1 aromatic rings. The third-order valence-electron chi connectivity index (χ3n) is 3.99. The van der Waals surface area contributed by atoms with Gasteiger partial charge in [0.15, 0.2) is 0 Å². The van der Waals surface area contributed by atoms with Crippen LogP contribution in [0.5, 0.6) is 0 Å². The molecule has 1 amide bonds. The van der Waals surface area contributed by atoms with Crippen LogP contribution in [0.25, 0.3) is 0 Å². The van der Waals surface area contributed by atoms with Crippen LogP contribution in [0, 0.1) is 0 Å². The topological polar surface area (TPSA) is 32.3 Å². The van der Waals surface area contributed by atoms with Crippen LogP contribution in [-0.2, 0) is 4.79 Å². The monoisotopic (exact) mass is 326 g/mol. The SMILES string of the molecule is CCC1NC(c2cccc(Cl)c2)N(C(CC)CSC)C1=O. The predicted molar refractivity (Wildman–Crippen MR) is 90.7 cm³/mol. The Bertz CT molecular complexity index is 497. The first kappa shape index (κ1) is 16.7. The van der Waals surface area contributed by atoms with Gasteiger partial charge in [-0.25, -0.2) is 0 Å². The molecule has 0 saturated carbocycles. The van der Waals surface area contributed by atoms with Crippen LogP contribution in [0.1, 0.15) is 38.4 Å². The molecule has 3 unspecified atom stereocenters. The van der Waals surface area contributed by atoms with E-state index in [-0.39, 0.29) is 24.2 Å². The lowest BCUT2D eigenvalue weighted by molar-refractivity contribution is -0.132. The number of hydrogen-bond acceptors (Lipinski definition) is 3. The van der Waals surface area contributed by atoms with E-state index in [2.05, 4.69) is 18.5 Å². The van der Waals surface area contributed by atoms with E-state index >= 15 is 0 Å². The van der Waals surface area contributed by atoms with Crippen molar-refractivity contribution in [1.29, 1.82) is 0 Å². The van der Waals surface area contributed by atoms with E-state index in [4.69, 9.17) is 11.6 Å². The number of carbonyl (C=O) groups excluding carboxylic acids is 1. The van der Waals surface area contributed by atoms with Gasteiger partial charge < -0.3 is 4.90 Å². The van der Waals surface area contributed by atoms with E-state index in [0.717, 1.165) is 24.2 Å². The van der Waals surface area contributed by atoms with Gasteiger partial charge in [-0.2, -0.15) is 11.8 Å². The van der Waals surface area contributed by atoms with E-state index in [0.29, 0.717) is 5.02 Å². The second-order valence-corrected chi connectivity index (χ2v) is 6.70. The van der Waals surface area contributed by atoms with Crippen LogP contribution >= 0.6 is 23.4 Å². The van der Waals surface area contributed by atoms with Crippen molar-refractivity contribution >= 4 is 29.3 Å². The normalized spacial score (nSPS) is 23.6. The summed E-state index contributed by atoms with van der Waals surface area (Å²) in [5.74, 6) is 1.17. The lowest BCUT2D eigenvalue weighted by Crippen LogP contribution is -2.41. The molecule has 0 aliphatic carbocycles. The molecule has 21 heavy (non-hydrogen) atoms. The zero-order chi connectivity index (χ0) is 15.4. The summed E-state index contributed by atoms with van der Waals surface area (Å²) in [5.41, 5.74) is 1.06. The maximum absolute atomic E-state index is 12.7. The number of rotatable bonds is 6. The Balaban J connectivity index is 2.34. The number of carbonyl (C=O) groups is 1. The average Bonchev–Trinajstić information content (AvgIpc) is 2.81. The van der Waals surface area contributed by atoms with Gasteiger partial charge in [-0.1, -0.05) is 37.6 Å². The van der Waals surface area contributed by atoms with Crippen molar-refractivity contribution in [2.45, 2.75) is 44.9 Å². The van der Waals surface area contributed by atoms with E-state index in [1.54, 1.807) is 11.8 Å². The highest BCUT2D eigenvalue weighted by atomic mass is 35.5. The lowest BCUT2D eigenvalue weighted by atomic mass is 10.1. The second kappa shape index (κ2) is 7.52. The number of benzene rings is 1. The molecule has 0 radical (unpaired) electrons. The van der Waals surface area contributed by atoms with E-state index in [9.17, 15) is 4.79 Å². The number of amides is 1. The molecule has 1 heterocycles. The van der Waals surface area contributed by atoms with Gasteiger partial charge in [0.2, 0.25) is 5.91 Å². The lowest BCUT2D eigenvalue weighted by Gasteiger charge is -2.32. The molecule has 0 bridgehead atoms. The Labute approximate surface area is 136 Å². The average molecular weight is 327 g/mol. The van der Waals surface area contributed by atoms with Gasteiger partial charge in [-0.15, -0.1) is 0 Å². The number of halogens is 1. The van der Waals surface area contributed by atoms with Crippen LogP contribution in [-0.4, -0.2) is 34.9 Å². The highest BCUT2D eigenvalue weighted by Crippen LogP contribution is 2.31. The van der Waals surface area contributed by atoms with Gasteiger partial charge in [0.05, 0.1) is 6.04 Å². The van der Waals surface area contributed by atoms with Gasteiger partial charge in [0.25, 0.3) is 0 Å². The highest BCUT2D eigenvalue weighted by Gasteiger charge is 2.41. The van der Waals surface area contributed by atoms with Crippen LogP contribution < -0.4 is 5.32 Å². The van der Waals surface area contributed by atoms with Crippen molar-refractivity contribution in [3.63, 3.8) is 0 Å². The molecule has 3 nitrogen and oxygen atoms in total. The predicted octanol–water partition coefficient (Wildman–Crippen LogP) is 3.69. The number of nitrogens with zero attached hydrogens (tertiary/aromatic N) is 1. The third kappa shape index (κ3) is 3.55. The molecule has 1 fully saturated rings. The molecule has 5 heteroatoms. The van der Waals surface area contributed by atoms with Crippen molar-refractivity contribution in [3.05, 3.63) is 34.9 Å². The summed E-state index contributed by atoms with van der Waals surface area (Å²) in [7, 11) is 0. The summed E-state index contributed by atoms with van der Waals surface area (Å²) >= 11 is 7.90. The summed E-state index contributed by atoms with van der Waals surface area (Å²) in [5, 5.41) is 4.17. The Kier molecular flexibility index (Phi) is 5.97. The zero-order valence-electron chi connectivity index (χ0n) is 12.8. The Morgan fingerprint density at radius 1 is 1.43 bits per heavy atom. The Morgan fingerprint density at radius 3 is 2.76 bits per heavy atom. The minimum Gasteiger partial charge on any atom is -0.318 e. The summed E-state index contributed by atoms with van der Waals surface area (Å²) in [6.07, 6.45) is 3.78. The first-order chi connectivity index (χ1) is 10.1. The van der Waals surface area contributed by atoms with Crippen molar-refractivity contribution < 1.29 is 4.79 Å². The number of hydrogen-bond donors (Lipinski definition) is 1. The van der Waals surface area contributed by atoms with E-state index in [1.165, 1.54) is 0 Å². The van der Waals surface area contributed by atoms with Gasteiger partial charge in [-0.3, -0.25) is 10.1 Å². The highest BCUT2D eigenvalue weighted by molar-refractivity contribution is 7.98. The second-order valence-electron chi connectivity index (χ2n) is 5.35. The minimum atomic E-state index is -0.0927.